The summed E-state index contributed by atoms with van der Waals surface area (Å²) >= 11 is 0. The Morgan fingerprint density at radius 2 is 1.81 bits per heavy atom. The summed E-state index contributed by atoms with van der Waals surface area (Å²) in [5.74, 6) is 0.0218. The highest BCUT2D eigenvalue weighted by Gasteiger charge is 2.35. The molecule has 6 nitrogen and oxygen atoms in total. The number of amides is 2. The first-order chi connectivity index (χ1) is 12.6. The Kier molecular flexibility index (Phi) is 4.20. The number of anilines is 2. The second-order valence-corrected chi connectivity index (χ2v) is 6.23. The second-order valence-electron chi connectivity index (χ2n) is 6.23. The van der Waals surface area contributed by atoms with Gasteiger partial charge in [0.15, 0.2) is 11.5 Å². The molecule has 7 heteroatoms. The predicted molar refractivity (Wildman–Crippen MR) is 92.9 cm³/mol. The van der Waals surface area contributed by atoms with Crippen molar-refractivity contribution in [2.75, 3.05) is 30.0 Å². The molecule has 0 spiro atoms. The van der Waals surface area contributed by atoms with Gasteiger partial charge in [-0.15, -0.1) is 0 Å². The van der Waals surface area contributed by atoms with Crippen LogP contribution in [-0.4, -0.2) is 31.6 Å². The molecule has 2 amide bonds. The zero-order valence-electron chi connectivity index (χ0n) is 13.9. The van der Waals surface area contributed by atoms with Crippen molar-refractivity contribution in [3.8, 4) is 11.5 Å². The minimum absolute atomic E-state index is 0.124. The van der Waals surface area contributed by atoms with Crippen LogP contribution in [0.15, 0.2) is 42.5 Å². The Morgan fingerprint density at radius 3 is 2.58 bits per heavy atom. The number of nitrogens with one attached hydrogen (secondary N) is 1. The molecule has 1 unspecified atom stereocenters. The van der Waals surface area contributed by atoms with Gasteiger partial charge in [0.1, 0.15) is 19.0 Å². The molecule has 26 heavy (non-hydrogen) atoms. The van der Waals surface area contributed by atoms with Gasteiger partial charge in [0.05, 0.1) is 5.92 Å². The van der Waals surface area contributed by atoms with Gasteiger partial charge in [-0.05, 0) is 36.4 Å². The molecule has 2 aliphatic heterocycles. The summed E-state index contributed by atoms with van der Waals surface area (Å²) in [6.07, 6.45) is 0.126. The first kappa shape index (κ1) is 16.4. The van der Waals surface area contributed by atoms with E-state index < -0.39 is 5.92 Å². The van der Waals surface area contributed by atoms with Crippen LogP contribution in [0.2, 0.25) is 0 Å². The van der Waals surface area contributed by atoms with Crippen LogP contribution in [0.3, 0.4) is 0 Å². The number of nitrogens with zero attached hydrogens (tertiary/aromatic N) is 1. The normalized spacial score (nSPS) is 18.7. The lowest BCUT2D eigenvalue weighted by Gasteiger charge is -2.22. The maximum absolute atomic E-state index is 13.0. The maximum Gasteiger partial charge on any atom is 0.229 e. The highest BCUT2D eigenvalue weighted by molar-refractivity contribution is 6.03. The van der Waals surface area contributed by atoms with Crippen molar-refractivity contribution in [2.24, 2.45) is 5.92 Å². The van der Waals surface area contributed by atoms with E-state index in [9.17, 15) is 14.0 Å². The molecule has 0 aromatic heterocycles. The number of halogens is 1. The van der Waals surface area contributed by atoms with E-state index >= 15 is 0 Å². The molecule has 0 radical (unpaired) electrons. The summed E-state index contributed by atoms with van der Waals surface area (Å²) in [6, 6.07) is 10.8. The van der Waals surface area contributed by atoms with Gasteiger partial charge >= 0.3 is 0 Å². The van der Waals surface area contributed by atoms with Crippen LogP contribution in [0.25, 0.3) is 0 Å². The number of rotatable bonds is 3. The third kappa shape index (κ3) is 3.20. The first-order valence-electron chi connectivity index (χ1n) is 8.36. The smallest absolute Gasteiger partial charge is 0.229 e. The molecule has 2 aromatic carbocycles. The van der Waals surface area contributed by atoms with Gasteiger partial charge in [0.2, 0.25) is 11.8 Å². The Hall–Kier alpha value is -3.09. The van der Waals surface area contributed by atoms with E-state index in [1.165, 1.54) is 24.3 Å². The molecule has 134 valence electrons. The zero-order chi connectivity index (χ0) is 18.1. The van der Waals surface area contributed by atoms with Crippen LogP contribution in [0, 0.1) is 11.7 Å². The van der Waals surface area contributed by atoms with Gasteiger partial charge in [-0.2, -0.15) is 0 Å². The molecule has 2 aromatic rings. The van der Waals surface area contributed by atoms with E-state index in [4.69, 9.17) is 9.47 Å². The fraction of sp³-hybridized carbons (Fsp3) is 0.263. The van der Waals surface area contributed by atoms with Crippen molar-refractivity contribution in [3.05, 3.63) is 48.3 Å². The Bertz CT molecular complexity index is 853. The highest BCUT2D eigenvalue weighted by Crippen LogP contribution is 2.36. The lowest BCUT2D eigenvalue weighted by Crippen LogP contribution is -2.28. The highest BCUT2D eigenvalue weighted by atomic mass is 19.1. The summed E-state index contributed by atoms with van der Waals surface area (Å²) in [6.45, 7) is 1.25. The van der Waals surface area contributed by atoms with Crippen LogP contribution in [0.5, 0.6) is 11.5 Å². The fourth-order valence-electron chi connectivity index (χ4n) is 3.11. The van der Waals surface area contributed by atoms with E-state index in [1.807, 2.05) is 0 Å². The van der Waals surface area contributed by atoms with E-state index in [2.05, 4.69) is 5.32 Å². The van der Waals surface area contributed by atoms with Gasteiger partial charge in [0.25, 0.3) is 0 Å². The second kappa shape index (κ2) is 6.67. The standard InChI is InChI=1S/C19H17FN2O4/c20-13-1-3-14(4-2-13)21-19(24)12-9-18(23)22(11-12)15-5-6-16-17(10-15)26-8-7-25-16/h1-6,10,12H,7-9,11H2,(H,21,24). The molecule has 1 saturated heterocycles. The molecule has 0 aliphatic carbocycles. The molecule has 1 fully saturated rings. The Balaban J connectivity index is 1.46. The third-order valence-electron chi connectivity index (χ3n) is 4.45. The average Bonchev–Trinajstić information content (AvgIpc) is 3.05. The topological polar surface area (TPSA) is 67.9 Å². The van der Waals surface area contributed by atoms with Gasteiger partial charge in [-0.1, -0.05) is 0 Å². The zero-order valence-corrected chi connectivity index (χ0v) is 13.9. The van der Waals surface area contributed by atoms with Crippen molar-refractivity contribution in [3.63, 3.8) is 0 Å². The van der Waals surface area contributed by atoms with Gasteiger partial charge in [-0.3, -0.25) is 9.59 Å². The van der Waals surface area contributed by atoms with Crippen LogP contribution in [0.1, 0.15) is 6.42 Å². The Morgan fingerprint density at radius 1 is 1.08 bits per heavy atom. The number of hydrogen-bond donors (Lipinski definition) is 1. The van der Waals surface area contributed by atoms with Crippen molar-refractivity contribution >= 4 is 23.2 Å². The fourth-order valence-corrected chi connectivity index (χ4v) is 3.11. The predicted octanol–water partition coefficient (Wildman–Crippen LogP) is 2.59. The minimum Gasteiger partial charge on any atom is -0.486 e. The molecule has 1 N–H and O–H groups in total. The lowest BCUT2D eigenvalue weighted by molar-refractivity contribution is -0.122. The van der Waals surface area contributed by atoms with E-state index in [0.29, 0.717) is 36.1 Å². The summed E-state index contributed by atoms with van der Waals surface area (Å²) in [7, 11) is 0. The number of fused-ring (bicyclic) bond motifs is 1. The number of carbonyl (C=O) groups is 2. The van der Waals surface area contributed by atoms with Gasteiger partial charge in [0, 0.05) is 30.4 Å². The van der Waals surface area contributed by atoms with Crippen LogP contribution < -0.4 is 19.7 Å². The number of benzene rings is 2. The number of carbonyl (C=O) groups excluding carboxylic acids is 2. The minimum atomic E-state index is -0.472. The SMILES string of the molecule is O=C(Nc1ccc(F)cc1)C1CC(=O)N(c2ccc3c(c2)OCCO3)C1. The van der Waals surface area contributed by atoms with E-state index in [1.54, 1.807) is 23.1 Å². The average molecular weight is 356 g/mol. The molecule has 1 atom stereocenters. The van der Waals surface area contributed by atoms with Gasteiger partial charge in [-0.25, -0.2) is 4.39 Å². The summed E-state index contributed by atoms with van der Waals surface area (Å²) in [5, 5.41) is 2.72. The third-order valence-corrected chi connectivity index (χ3v) is 4.45. The first-order valence-corrected chi connectivity index (χ1v) is 8.36. The lowest BCUT2D eigenvalue weighted by atomic mass is 10.1. The quantitative estimate of drug-likeness (QED) is 0.918. The van der Waals surface area contributed by atoms with Crippen molar-refractivity contribution in [1.82, 2.24) is 0 Å². The van der Waals surface area contributed by atoms with Gasteiger partial charge < -0.3 is 19.7 Å². The monoisotopic (exact) mass is 356 g/mol. The van der Waals surface area contributed by atoms with Crippen LogP contribution in [0.4, 0.5) is 15.8 Å². The maximum atomic E-state index is 13.0. The molecule has 2 aliphatic rings. The van der Waals surface area contributed by atoms with E-state index in [0.717, 1.165) is 0 Å². The van der Waals surface area contributed by atoms with Crippen molar-refractivity contribution in [1.29, 1.82) is 0 Å². The molecule has 2 heterocycles. The Labute approximate surface area is 149 Å². The summed E-state index contributed by atoms with van der Waals surface area (Å²) < 4.78 is 24.0. The molecular formula is C19H17FN2O4. The molecule has 0 saturated carbocycles. The molecular weight excluding hydrogens is 339 g/mol. The summed E-state index contributed by atoms with van der Waals surface area (Å²) in [5.41, 5.74) is 1.18. The summed E-state index contributed by atoms with van der Waals surface area (Å²) in [4.78, 5) is 26.4. The van der Waals surface area contributed by atoms with Crippen LogP contribution >= 0.6 is 0 Å². The number of ether oxygens (including phenoxy) is 2. The number of hydrogen-bond acceptors (Lipinski definition) is 4. The van der Waals surface area contributed by atoms with E-state index in [-0.39, 0.29) is 30.6 Å². The van der Waals surface area contributed by atoms with Crippen molar-refractivity contribution in [2.45, 2.75) is 6.42 Å². The van der Waals surface area contributed by atoms with Crippen LogP contribution in [-0.2, 0) is 9.59 Å². The molecule has 0 bridgehead atoms. The van der Waals surface area contributed by atoms with Crippen molar-refractivity contribution < 1.29 is 23.5 Å². The molecule has 4 rings (SSSR count). The largest absolute Gasteiger partial charge is 0.486 e.